The van der Waals surface area contributed by atoms with E-state index in [4.69, 9.17) is 4.74 Å². The van der Waals surface area contributed by atoms with Crippen molar-refractivity contribution in [3.8, 4) is 0 Å². The summed E-state index contributed by atoms with van der Waals surface area (Å²) in [5.41, 5.74) is 0.527. The number of aliphatic hydroxyl groups is 1. The molecule has 0 radical (unpaired) electrons. The summed E-state index contributed by atoms with van der Waals surface area (Å²) in [5.74, 6) is -1.60. The maximum absolute atomic E-state index is 12.7. The van der Waals surface area contributed by atoms with Gasteiger partial charge in [-0.1, -0.05) is 0 Å². The molecule has 19 heavy (non-hydrogen) atoms. The predicted octanol–water partition coefficient (Wildman–Crippen LogP) is 1.66. The van der Waals surface area contributed by atoms with Crippen LogP contribution in [-0.4, -0.2) is 28.1 Å². The third-order valence-electron chi connectivity index (χ3n) is 5.41. The number of carbonyl (C=O) groups is 2. The van der Waals surface area contributed by atoms with Gasteiger partial charge in [-0.05, 0) is 44.1 Å². The first-order valence-electron chi connectivity index (χ1n) is 7.29. The molecule has 1 saturated heterocycles. The second kappa shape index (κ2) is 3.55. The van der Waals surface area contributed by atoms with E-state index in [0.717, 1.165) is 36.8 Å². The zero-order valence-corrected chi connectivity index (χ0v) is 10.9. The molecule has 4 heteroatoms. The second-order valence-electron chi connectivity index (χ2n) is 6.32. The topological polar surface area (TPSA) is 63.6 Å². The molecular formula is C15H18O4. The van der Waals surface area contributed by atoms with E-state index in [-0.39, 0.29) is 17.5 Å². The molecule has 0 amide bonds. The van der Waals surface area contributed by atoms with E-state index in [0.29, 0.717) is 25.7 Å². The van der Waals surface area contributed by atoms with Crippen LogP contribution in [0.15, 0.2) is 11.1 Å². The lowest BCUT2D eigenvalue weighted by Gasteiger charge is -2.44. The van der Waals surface area contributed by atoms with Gasteiger partial charge in [0.1, 0.15) is 5.60 Å². The van der Waals surface area contributed by atoms with E-state index < -0.39 is 11.4 Å². The molecule has 2 fully saturated rings. The van der Waals surface area contributed by atoms with Crippen LogP contribution in [0.1, 0.15) is 51.4 Å². The number of fused-ring (bicyclic) bond motifs is 2. The van der Waals surface area contributed by atoms with Gasteiger partial charge in [0, 0.05) is 18.4 Å². The van der Waals surface area contributed by atoms with Crippen molar-refractivity contribution in [3.63, 3.8) is 0 Å². The largest absolute Gasteiger partial charge is 0.362 e. The van der Waals surface area contributed by atoms with Crippen LogP contribution in [0.2, 0.25) is 0 Å². The minimum Gasteiger partial charge on any atom is -0.362 e. The molecule has 102 valence electrons. The molecule has 1 spiro atoms. The highest BCUT2D eigenvalue weighted by Gasteiger charge is 2.62. The van der Waals surface area contributed by atoms with Crippen molar-refractivity contribution in [3.05, 3.63) is 11.1 Å². The molecule has 0 aromatic rings. The molecule has 4 rings (SSSR count). The van der Waals surface area contributed by atoms with Crippen molar-refractivity contribution >= 4 is 11.6 Å². The molecule has 2 heterocycles. The zero-order chi connectivity index (χ0) is 13.3. The molecule has 0 aromatic heterocycles. The van der Waals surface area contributed by atoms with Gasteiger partial charge < -0.3 is 9.84 Å². The number of ether oxygens (including phenoxy) is 1. The summed E-state index contributed by atoms with van der Waals surface area (Å²) < 4.78 is 5.97. The predicted molar refractivity (Wildman–Crippen MR) is 66.2 cm³/mol. The van der Waals surface area contributed by atoms with Crippen LogP contribution in [0.5, 0.6) is 0 Å². The summed E-state index contributed by atoms with van der Waals surface area (Å²) in [6.07, 6.45) is 5.24. The van der Waals surface area contributed by atoms with Gasteiger partial charge in [-0.2, -0.15) is 0 Å². The number of hydrogen-bond donors (Lipinski definition) is 1. The standard InChI is InChI=1S/C15H18O4/c16-12-6-5-11-13(17)9-3-1-4-10(9)15(18)8-2-7-14(11,12)19-15/h11,18H,1-8H2. The zero-order valence-electron chi connectivity index (χ0n) is 10.9. The van der Waals surface area contributed by atoms with Crippen LogP contribution < -0.4 is 0 Å². The Bertz CT molecular complexity index is 520. The fraction of sp³-hybridized carbons (Fsp3) is 0.733. The molecule has 3 unspecified atom stereocenters. The molecule has 1 N–H and O–H groups in total. The molecule has 4 nitrogen and oxygen atoms in total. The summed E-state index contributed by atoms with van der Waals surface area (Å²) in [5, 5.41) is 10.8. The Morgan fingerprint density at radius 1 is 1.11 bits per heavy atom. The monoisotopic (exact) mass is 262 g/mol. The van der Waals surface area contributed by atoms with Crippen LogP contribution in [0.3, 0.4) is 0 Å². The summed E-state index contributed by atoms with van der Waals surface area (Å²) in [6.45, 7) is 0. The normalized spacial score (nSPS) is 45.2. The minimum absolute atomic E-state index is 0.0187. The van der Waals surface area contributed by atoms with Crippen molar-refractivity contribution in [2.45, 2.75) is 62.8 Å². The molecule has 2 aliphatic heterocycles. The lowest BCUT2D eigenvalue weighted by atomic mass is 9.79. The highest BCUT2D eigenvalue weighted by Crippen LogP contribution is 2.54. The Kier molecular flexibility index (Phi) is 2.21. The van der Waals surface area contributed by atoms with Gasteiger partial charge in [0.2, 0.25) is 0 Å². The number of Topliss-reactive ketones (excluding diaryl/α,β-unsaturated/α-hetero) is 2. The first-order valence-corrected chi connectivity index (χ1v) is 7.29. The second-order valence-corrected chi connectivity index (χ2v) is 6.32. The van der Waals surface area contributed by atoms with Gasteiger partial charge in [-0.25, -0.2) is 0 Å². The molecule has 2 bridgehead atoms. The summed E-state index contributed by atoms with van der Waals surface area (Å²) in [6, 6.07) is 0. The Labute approximate surface area is 111 Å². The van der Waals surface area contributed by atoms with E-state index in [1.165, 1.54) is 0 Å². The third-order valence-corrected chi connectivity index (χ3v) is 5.41. The fourth-order valence-electron chi connectivity index (χ4n) is 4.56. The van der Waals surface area contributed by atoms with Crippen molar-refractivity contribution < 1.29 is 19.4 Å². The Morgan fingerprint density at radius 2 is 1.95 bits per heavy atom. The van der Waals surface area contributed by atoms with Gasteiger partial charge >= 0.3 is 0 Å². The van der Waals surface area contributed by atoms with Crippen molar-refractivity contribution in [1.82, 2.24) is 0 Å². The van der Waals surface area contributed by atoms with Crippen molar-refractivity contribution in [2.75, 3.05) is 0 Å². The molecule has 3 atom stereocenters. The lowest BCUT2D eigenvalue weighted by Crippen LogP contribution is -2.54. The average molecular weight is 262 g/mol. The summed E-state index contributed by atoms with van der Waals surface area (Å²) in [7, 11) is 0. The average Bonchev–Trinajstić information content (AvgIpc) is 2.95. The van der Waals surface area contributed by atoms with Crippen LogP contribution in [0, 0.1) is 5.92 Å². The molecule has 2 aliphatic carbocycles. The minimum atomic E-state index is -1.35. The van der Waals surface area contributed by atoms with Gasteiger partial charge in [0.15, 0.2) is 17.4 Å². The molecular weight excluding hydrogens is 244 g/mol. The summed E-state index contributed by atoms with van der Waals surface area (Å²) in [4.78, 5) is 25.0. The van der Waals surface area contributed by atoms with E-state index in [1.807, 2.05) is 0 Å². The van der Waals surface area contributed by atoms with E-state index >= 15 is 0 Å². The van der Waals surface area contributed by atoms with Crippen LogP contribution in [0.25, 0.3) is 0 Å². The van der Waals surface area contributed by atoms with E-state index in [1.54, 1.807) is 0 Å². The number of rotatable bonds is 0. The highest BCUT2D eigenvalue weighted by molar-refractivity contribution is 6.06. The van der Waals surface area contributed by atoms with Crippen molar-refractivity contribution in [2.24, 2.45) is 5.92 Å². The summed E-state index contributed by atoms with van der Waals surface area (Å²) >= 11 is 0. The number of allylic oxidation sites excluding steroid dienone is 1. The quantitative estimate of drug-likeness (QED) is 0.721. The Balaban J connectivity index is 1.92. The molecule has 4 aliphatic rings. The molecule has 1 saturated carbocycles. The van der Waals surface area contributed by atoms with Gasteiger partial charge in [-0.15, -0.1) is 0 Å². The smallest absolute Gasteiger partial charge is 0.190 e. The van der Waals surface area contributed by atoms with Crippen LogP contribution in [-0.2, 0) is 14.3 Å². The first-order chi connectivity index (χ1) is 9.07. The maximum Gasteiger partial charge on any atom is 0.190 e. The fourth-order valence-corrected chi connectivity index (χ4v) is 4.56. The van der Waals surface area contributed by atoms with Crippen LogP contribution >= 0.6 is 0 Å². The van der Waals surface area contributed by atoms with E-state index in [9.17, 15) is 14.7 Å². The first kappa shape index (κ1) is 11.8. The Hall–Kier alpha value is -1.00. The third kappa shape index (κ3) is 1.31. The van der Waals surface area contributed by atoms with Gasteiger partial charge in [0.05, 0.1) is 5.92 Å². The highest BCUT2D eigenvalue weighted by atomic mass is 16.6. The van der Waals surface area contributed by atoms with Gasteiger partial charge in [-0.3, -0.25) is 9.59 Å². The number of hydrogen-bond acceptors (Lipinski definition) is 4. The molecule has 0 aromatic carbocycles. The Morgan fingerprint density at radius 3 is 2.79 bits per heavy atom. The maximum atomic E-state index is 12.7. The van der Waals surface area contributed by atoms with E-state index in [2.05, 4.69) is 0 Å². The van der Waals surface area contributed by atoms with Gasteiger partial charge in [0.25, 0.3) is 0 Å². The lowest BCUT2D eigenvalue weighted by molar-refractivity contribution is -0.266. The van der Waals surface area contributed by atoms with Crippen LogP contribution in [0.4, 0.5) is 0 Å². The number of carbonyl (C=O) groups excluding carboxylic acids is 2. The van der Waals surface area contributed by atoms with Crippen molar-refractivity contribution in [1.29, 1.82) is 0 Å². The SMILES string of the molecule is O=C1C2=C(CCC2)C2(O)CCCC3(O2)C(=O)CCC13. The number of ketones is 2.